The van der Waals surface area contributed by atoms with Crippen LogP contribution in [0.5, 0.6) is 5.75 Å². The first kappa shape index (κ1) is 100. The molecule has 2 aliphatic heterocycles. The molecular weight excluding hydrogens is 1680 g/mol. The molecule has 0 radical (unpaired) electrons. The number of aromatic amines is 1. The highest BCUT2D eigenvalue weighted by Gasteiger charge is 2.46. The van der Waals surface area contributed by atoms with Gasteiger partial charge in [0.05, 0.1) is 18.6 Å². The van der Waals surface area contributed by atoms with E-state index in [0.29, 0.717) is 44.3 Å². The highest BCUT2D eigenvalue weighted by atomic mass is 32.2. The number of hydrogen-bond donors (Lipinski definition) is 19. The lowest BCUT2D eigenvalue weighted by molar-refractivity contribution is -0.142. The number of nitrogens with one attached hydrogen (secondary N) is 13. The maximum atomic E-state index is 15.8. The van der Waals surface area contributed by atoms with Crippen molar-refractivity contribution in [2.24, 2.45) is 22.9 Å². The summed E-state index contributed by atoms with van der Waals surface area (Å²) >= 11 is 0.914. The minimum atomic E-state index is -2.08. The molecule has 4 aromatic carbocycles. The van der Waals surface area contributed by atoms with Crippen molar-refractivity contribution < 1.29 is 106 Å². The highest BCUT2D eigenvalue weighted by Crippen LogP contribution is 2.27. The number of pyridine rings is 1. The molecular formula is C87H112N18O22S. The van der Waals surface area contributed by atoms with E-state index in [1.54, 1.807) is 91.1 Å². The standard InChI is InChI=1S/C87H112N18O22S/c1-47-10-7-15-58-56(45-93-74(47)58)42-66-81(120)96-59(23-26-70(89)110)76(115)102-68(46-128-37-29-62(94-50(4)108)78(117)95-60(24-27-71(90)111)79(118)104-75(49(3)107)85(124)101-66)83(122)98-64(39-51-18-21-57(22-19-51)127-36-32-88)80(119)99-65(40-52-17-20-54-13-5-6-14-55(54)38-52)84(123)105-87(30-34-126-35-31-87)86(125)103-61(25-28-73(113)114)77(116)100-67(43-72(91)112)82(121)97-63(41-53-12-9-33-92-44-53)69(109)16-8-11-48(2)106/h5-7,9-10,12-15,17-22,33,38,44-45,49,59-68,75,93,107H,8,11,16,23-32,34-37,39-43,46,88H2,1-4H3,(H2,89,110)(H2,90,111)(H2,91,112)(H,94,108)(H,95,117)(H,96,120)(H,97,121)(H,98,122)(H,99,119)(H,100,116)(H,101,124)(H,102,115)(H,103,125)(H,104,118)(H,105,123)(H,113,114)/t49-,59+,60+,61+,62+,63+,64+,65+,66+,67+,68+,75+/m1/s1. The number of amides is 15. The van der Waals surface area contributed by atoms with E-state index in [1.807, 2.05) is 19.1 Å². The second-order valence-corrected chi connectivity index (χ2v) is 32.8. The van der Waals surface area contributed by atoms with Crippen molar-refractivity contribution in [3.63, 3.8) is 0 Å². The number of benzene rings is 4. The van der Waals surface area contributed by atoms with Gasteiger partial charge >= 0.3 is 5.97 Å². The molecule has 0 unspecified atom stereocenters. The van der Waals surface area contributed by atoms with E-state index in [1.165, 1.54) is 19.3 Å². The minimum Gasteiger partial charge on any atom is -0.492 e. The van der Waals surface area contributed by atoms with Crippen molar-refractivity contribution in [1.29, 1.82) is 0 Å². The summed E-state index contributed by atoms with van der Waals surface area (Å²) in [5.74, 6) is -18.2. The lowest BCUT2D eigenvalue weighted by Gasteiger charge is -2.38. The number of carboxylic acids is 1. The van der Waals surface area contributed by atoms with Crippen LogP contribution < -0.4 is 91.5 Å². The van der Waals surface area contributed by atoms with Crippen LogP contribution in [0.2, 0.25) is 0 Å². The third kappa shape index (κ3) is 31.1. The van der Waals surface area contributed by atoms with E-state index >= 15 is 28.8 Å². The number of nitrogens with two attached hydrogens (primary N) is 4. The van der Waals surface area contributed by atoms with Crippen LogP contribution in [0.4, 0.5) is 0 Å². The fourth-order valence-electron chi connectivity index (χ4n) is 14.5. The number of aliphatic carboxylic acids is 1. The van der Waals surface area contributed by atoms with Gasteiger partial charge in [-0.3, -0.25) is 86.5 Å². The Morgan fingerprint density at radius 1 is 0.617 bits per heavy atom. The number of carboxylic acid groups (broad SMARTS) is 1. The molecule has 6 aromatic rings. The molecule has 0 bridgehead atoms. The van der Waals surface area contributed by atoms with E-state index in [2.05, 4.69) is 73.8 Å². The first-order chi connectivity index (χ1) is 61.0. The van der Waals surface area contributed by atoms with E-state index < -0.39 is 236 Å². The summed E-state index contributed by atoms with van der Waals surface area (Å²) in [4.78, 5) is 261. The molecule has 2 aromatic heterocycles. The first-order valence-corrected chi connectivity index (χ1v) is 43.0. The van der Waals surface area contributed by atoms with E-state index in [4.69, 9.17) is 32.4 Å². The number of Topliss-reactive ketones (excluding diaryl/α,β-unsaturated/α-hetero) is 2. The largest absolute Gasteiger partial charge is 0.492 e. The first-order valence-electron chi connectivity index (χ1n) is 41.9. The summed E-state index contributed by atoms with van der Waals surface area (Å²) in [6.45, 7) is 5.21. The summed E-state index contributed by atoms with van der Waals surface area (Å²) in [6.07, 6.45) is -3.79. The summed E-state index contributed by atoms with van der Waals surface area (Å²) in [7, 11) is 0. The summed E-state index contributed by atoms with van der Waals surface area (Å²) in [5, 5.41) is 54.3. The maximum Gasteiger partial charge on any atom is 0.303 e. The second kappa shape index (κ2) is 49.0. The molecule has 15 amide bonds. The fourth-order valence-corrected chi connectivity index (χ4v) is 15.6. The maximum absolute atomic E-state index is 15.8. The monoisotopic (exact) mass is 1790 g/mol. The molecule has 0 aliphatic carbocycles. The van der Waals surface area contributed by atoms with Crippen LogP contribution in [-0.2, 0) is 117 Å². The van der Waals surface area contributed by atoms with E-state index in [-0.39, 0.29) is 95.7 Å². The molecule has 4 heterocycles. The molecule has 2 aliphatic rings. The van der Waals surface area contributed by atoms with Gasteiger partial charge in [0.25, 0.3) is 0 Å². The van der Waals surface area contributed by atoms with E-state index in [0.717, 1.165) is 36.6 Å². The summed E-state index contributed by atoms with van der Waals surface area (Å²) in [5.41, 5.74) is 23.6. The van der Waals surface area contributed by atoms with Crippen molar-refractivity contribution in [2.45, 2.75) is 215 Å². The number of rotatable bonds is 41. The van der Waals surface area contributed by atoms with Gasteiger partial charge in [-0.25, -0.2) is 0 Å². The third-order valence-corrected chi connectivity index (χ3v) is 22.5. The zero-order valence-electron chi connectivity index (χ0n) is 71.4. The van der Waals surface area contributed by atoms with Crippen LogP contribution in [0.3, 0.4) is 0 Å². The lowest BCUT2D eigenvalue weighted by atomic mass is 9.87. The Bertz CT molecular complexity index is 5010. The number of aryl methyl sites for hydroxylation is 1. The molecule has 0 spiro atoms. The number of H-pyrrole nitrogens is 1. The van der Waals surface area contributed by atoms with Gasteiger partial charge in [0.2, 0.25) is 88.6 Å². The van der Waals surface area contributed by atoms with Crippen LogP contribution in [0, 0.1) is 6.92 Å². The van der Waals surface area contributed by atoms with Gasteiger partial charge in [-0.1, -0.05) is 78.9 Å². The van der Waals surface area contributed by atoms with Gasteiger partial charge in [-0.2, -0.15) is 11.8 Å². The number of thioether (sulfide) groups is 1. The Balaban J connectivity index is 1.17. The van der Waals surface area contributed by atoms with Crippen LogP contribution >= 0.6 is 11.8 Å². The van der Waals surface area contributed by atoms with Crippen LogP contribution in [0.25, 0.3) is 21.7 Å². The molecule has 0 saturated carbocycles. The normalized spacial score (nSPS) is 19.1. The Morgan fingerprint density at radius 3 is 1.87 bits per heavy atom. The Hall–Kier alpha value is -13.3. The van der Waals surface area contributed by atoms with Crippen LogP contribution in [0.15, 0.2) is 116 Å². The summed E-state index contributed by atoms with van der Waals surface area (Å²) < 4.78 is 11.4. The second-order valence-electron chi connectivity index (χ2n) is 31.6. The molecule has 688 valence electrons. The fraction of sp³-hybridized carbons (Fsp3) is 0.460. The van der Waals surface area contributed by atoms with Crippen molar-refractivity contribution in [2.75, 3.05) is 37.9 Å². The highest BCUT2D eigenvalue weighted by molar-refractivity contribution is 7.99. The van der Waals surface area contributed by atoms with Crippen molar-refractivity contribution >= 4 is 140 Å². The lowest BCUT2D eigenvalue weighted by Crippen LogP contribution is -2.67. The number of carbonyl (C=O) groups excluding carboxylic acids is 17. The van der Waals surface area contributed by atoms with Gasteiger partial charge in [0, 0.05) is 133 Å². The predicted molar refractivity (Wildman–Crippen MR) is 466 cm³/mol. The van der Waals surface area contributed by atoms with Crippen molar-refractivity contribution in [3.8, 4) is 5.75 Å². The van der Waals surface area contributed by atoms with Gasteiger partial charge < -0.3 is 116 Å². The molecule has 12 atom stereocenters. The number of aliphatic hydroxyl groups is 1. The van der Waals surface area contributed by atoms with Crippen molar-refractivity contribution in [3.05, 3.63) is 143 Å². The number of aliphatic hydroxyl groups excluding tert-OH is 1. The number of carbonyl (C=O) groups is 18. The molecule has 2 saturated heterocycles. The average molecular weight is 1790 g/mol. The molecule has 128 heavy (non-hydrogen) atoms. The number of nitrogens with zero attached hydrogens (tertiary/aromatic N) is 1. The third-order valence-electron chi connectivity index (χ3n) is 21.5. The van der Waals surface area contributed by atoms with Crippen molar-refractivity contribution in [1.82, 2.24) is 73.8 Å². The van der Waals surface area contributed by atoms with Gasteiger partial charge in [-0.15, -0.1) is 0 Å². The smallest absolute Gasteiger partial charge is 0.303 e. The van der Waals surface area contributed by atoms with Crippen LogP contribution in [0.1, 0.15) is 132 Å². The molecule has 2 fully saturated rings. The van der Waals surface area contributed by atoms with Crippen LogP contribution in [-0.4, -0.2) is 242 Å². The zero-order chi connectivity index (χ0) is 93.3. The Kier molecular flexibility index (Phi) is 38.3. The zero-order valence-corrected chi connectivity index (χ0v) is 72.2. The van der Waals surface area contributed by atoms with Gasteiger partial charge in [0.1, 0.15) is 84.1 Å². The number of ketones is 2. The predicted octanol–water partition coefficient (Wildman–Crippen LogP) is -2.23. The topological polar surface area (TPSA) is 643 Å². The Labute approximate surface area is 740 Å². The number of aromatic nitrogens is 2. The minimum absolute atomic E-state index is 0.0507. The number of fused-ring (bicyclic) bond motifs is 2. The quantitative estimate of drug-likeness (QED) is 0.0193. The number of hydrogen-bond acceptors (Lipinski definition) is 24. The molecule has 8 rings (SSSR count). The van der Waals surface area contributed by atoms with Gasteiger partial charge in [-0.05, 0) is 115 Å². The van der Waals surface area contributed by atoms with E-state index in [9.17, 15) is 67.7 Å². The number of para-hydroxylation sites is 1. The number of ether oxygens (including phenoxy) is 2. The average Bonchev–Trinajstić information content (AvgIpc) is 1.56. The van der Waals surface area contributed by atoms with Gasteiger partial charge in [0.15, 0.2) is 5.78 Å². The number of primary amides is 3. The molecule has 40 nitrogen and oxygen atoms in total. The SMILES string of the molecule is CC(=O)CCCC(=O)[C@H](Cc1cccnc1)NC(=O)[C@H](CC(N)=O)NC(=O)[C@H](CCC(=O)O)NC(=O)C1(NC(=O)[C@H](Cc2ccc3ccccc3c2)NC(=O)[C@H](Cc2ccc(OCCN)cc2)NC(=O)[C@@H]2CSCC[C@H](NC(C)=O)C(=O)N[C@@H](CCC(N)=O)C(=O)N[C@@H]([C@@H](C)O)C(=O)N[C@@H](Cc3c[nH]c4c(C)cccc34)C(=O)N[C@@H](CCC(N)=O)C(=O)N2)CCOCC1. The summed E-state index contributed by atoms with van der Waals surface area (Å²) in [6, 6.07) is 8.22. The molecule has 23 N–H and O–H groups in total. The molecule has 41 heteroatoms. The Morgan fingerprint density at radius 2 is 1.23 bits per heavy atom.